The van der Waals surface area contributed by atoms with Crippen LogP contribution in [0.25, 0.3) is 0 Å². The minimum absolute atomic E-state index is 0.619. The molecule has 2 unspecified atom stereocenters. The number of aromatic nitrogens is 2. The Morgan fingerprint density at radius 1 is 1.25 bits per heavy atom. The second-order valence-corrected chi connectivity index (χ2v) is 4.62. The van der Waals surface area contributed by atoms with Gasteiger partial charge in [-0.15, -0.1) is 0 Å². The number of nitrogens with zero attached hydrogens (tertiary/aromatic N) is 3. The molecule has 0 radical (unpaired) electrons. The zero-order valence-electron chi connectivity index (χ0n) is 10.1. The molecule has 2 rings (SSSR count). The van der Waals surface area contributed by atoms with Gasteiger partial charge in [-0.3, -0.25) is 5.43 Å². The number of hydrazine groups is 1. The van der Waals surface area contributed by atoms with Gasteiger partial charge in [-0.1, -0.05) is 6.42 Å². The van der Waals surface area contributed by atoms with Gasteiger partial charge in [0.05, 0.1) is 0 Å². The van der Waals surface area contributed by atoms with E-state index in [0.29, 0.717) is 12.1 Å². The minimum Gasteiger partial charge on any atom is -0.250 e. The molecule has 0 spiro atoms. The lowest BCUT2D eigenvalue weighted by Gasteiger charge is -2.39. The molecule has 4 heteroatoms. The van der Waals surface area contributed by atoms with E-state index >= 15 is 0 Å². The maximum Gasteiger partial charge on any atom is 0.115 e. The lowest BCUT2D eigenvalue weighted by Crippen LogP contribution is -2.51. The predicted octanol–water partition coefficient (Wildman–Crippen LogP) is 1.74. The first-order valence-corrected chi connectivity index (χ1v) is 6.03. The summed E-state index contributed by atoms with van der Waals surface area (Å²) in [6.45, 7) is 5.38. The zero-order chi connectivity index (χ0) is 11.4. The van der Waals surface area contributed by atoms with Gasteiger partial charge in [-0.25, -0.2) is 15.0 Å². The molecule has 1 fully saturated rings. The van der Waals surface area contributed by atoms with Crippen LogP contribution >= 0.6 is 0 Å². The maximum absolute atomic E-state index is 4.02. The quantitative estimate of drug-likeness (QED) is 0.842. The summed E-state index contributed by atoms with van der Waals surface area (Å²) < 4.78 is 0. The molecule has 0 bridgehead atoms. The van der Waals surface area contributed by atoms with Crippen molar-refractivity contribution in [1.29, 1.82) is 0 Å². The van der Waals surface area contributed by atoms with Crippen molar-refractivity contribution in [3.63, 3.8) is 0 Å². The SMILES string of the molecule is CC1CCCC(C)N1NCc1cncnc1. The molecule has 0 aromatic carbocycles. The van der Waals surface area contributed by atoms with E-state index in [1.807, 2.05) is 12.4 Å². The van der Waals surface area contributed by atoms with Gasteiger partial charge in [0.25, 0.3) is 0 Å². The highest BCUT2D eigenvalue weighted by Crippen LogP contribution is 2.20. The Bertz CT molecular complexity index is 304. The Balaban J connectivity index is 1.89. The van der Waals surface area contributed by atoms with Crippen molar-refractivity contribution >= 4 is 0 Å². The van der Waals surface area contributed by atoms with E-state index in [1.165, 1.54) is 19.3 Å². The average Bonchev–Trinajstić information content (AvgIpc) is 2.30. The highest BCUT2D eigenvalue weighted by Gasteiger charge is 2.23. The summed E-state index contributed by atoms with van der Waals surface area (Å²) in [7, 11) is 0. The summed E-state index contributed by atoms with van der Waals surface area (Å²) in [4.78, 5) is 8.03. The zero-order valence-corrected chi connectivity index (χ0v) is 10.1. The normalized spacial score (nSPS) is 26.9. The summed E-state index contributed by atoms with van der Waals surface area (Å²) >= 11 is 0. The standard InChI is InChI=1S/C12H20N4/c1-10-4-3-5-11(2)16(10)15-8-12-6-13-9-14-7-12/h6-7,9-11,15H,3-5,8H2,1-2H3. The summed E-state index contributed by atoms with van der Waals surface area (Å²) in [5.41, 5.74) is 4.62. The number of hydrogen-bond donors (Lipinski definition) is 1. The van der Waals surface area contributed by atoms with Crippen LogP contribution in [0.3, 0.4) is 0 Å². The van der Waals surface area contributed by atoms with E-state index in [-0.39, 0.29) is 0 Å². The van der Waals surface area contributed by atoms with E-state index in [2.05, 4.69) is 34.3 Å². The van der Waals surface area contributed by atoms with Crippen molar-refractivity contribution in [2.75, 3.05) is 0 Å². The van der Waals surface area contributed by atoms with Crippen LogP contribution in [-0.2, 0) is 6.54 Å². The van der Waals surface area contributed by atoms with Crippen LogP contribution in [0.5, 0.6) is 0 Å². The highest BCUT2D eigenvalue weighted by atomic mass is 15.5. The Morgan fingerprint density at radius 2 is 1.88 bits per heavy atom. The van der Waals surface area contributed by atoms with E-state index in [1.54, 1.807) is 6.33 Å². The lowest BCUT2D eigenvalue weighted by molar-refractivity contribution is 0.0435. The van der Waals surface area contributed by atoms with E-state index in [9.17, 15) is 0 Å². The molecule has 1 aliphatic heterocycles. The molecule has 2 atom stereocenters. The Hall–Kier alpha value is -1.00. The Morgan fingerprint density at radius 3 is 2.50 bits per heavy atom. The van der Waals surface area contributed by atoms with Crippen molar-refractivity contribution in [2.24, 2.45) is 0 Å². The van der Waals surface area contributed by atoms with Crippen LogP contribution in [0, 0.1) is 0 Å². The van der Waals surface area contributed by atoms with Crippen LogP contribution < -0.4 is 5.43 Å². The number of nitrogens with one attached hydrogen (secondary N) is 1. The Labute approximate surface area is 97.1 Å². The fourth-order valence-electron chi connectivity index (χ4n) is 2.34. The van der Waals surface area contributed by atoms with Gasteiger partial charge in [-0.2, -0.15) is 0 Å². The van der Waals surface area contributed by atoms with Gasteiger partial charge < -0.3 is 0 Å². The van der Waals surface area contributed by atoms with Gasteiger partial charge in [0.1, 0.15) is 6.33 Å². The van der Waals surface area contributed by atoms with Crippen molar-refractivity contribution < 1.29 is 0 Å². The van der Waals surface area contributed by atoms with E-state index < -0.39 is 0 Å². The molecule has 16 heavy (non-hydrogen) atoms. The summed E-state index contributed by atoms with van der Waals surface area (Å²) in [6, 6.07) is 1.24. The molecule has 0 saturated carbocycles. The third kappa shape index (κ3) is 2.77. The summed E-state index contributed by atoms with van der Waals surface area (Å²) in [5.74, 6) is 0. The molecule has 1 saturated heterocycles. The molecular formula is C12H20N4. The molecule has 1 aromatic heterocycles. The third-order valence-electron chi connectivity index (χ3n) is 3.27. The molecular weight excluding hydrogens is 200 g/mol. The molecule has 1 aliphatic rings. The first kappa shape index (κ1) is 11.5. The number of piperidine rings is 1. The molecule has 1 N–H and O–H groups in total. The van der Waals surface area contributed by atoms with E-state index in [4.69, 9.17) is 0 Å². The fourth-order valence-corrected chi connectivity index (χ4v) is 2.34. The van der Waals surface area contributed by atoms with Crippen LogP contribution in [0.2, 0.25) is 0 Å². The van der Waals surface area contributed by atoms with E-state index in [0.717, 1.165) is 12.1 Å². The molecule has 88 valence electrons. The molecule has 0 aliphatic carbocycles. The maximum atomic E-state index is 4.02. The van der Waals surface area contributed by atoms with Crippen LogP contribution in [0.1, 0.15) is 38.7 Å². The van der Waals surface area contributed by atoms with Crippen molar-refractivity contribution in [2.45, 2.75) is 51.7 Å². The Kier molecular flexibility index (Phi) is 3.85. The molecule has 4 nitrogen and oxygen atoms in total. The first-order valence-electron chi connectivity index (χ1n) is 6.03. The van der Waals surface area contributed by atoms with Crippen molar-refractivity contribution in [1.82, 2.24) is 20.4 Å². The predicted molar refractivity (Wildman–Crippen MR) is 63.5 cm³/mol. The van der Waals surface area contributed by atoms with Gasteiger partial charge in [0, 0.05) is 36.6 Å². The molecule has 2 heterocycles. The van der Waals surface area contributed by atoms with Crippen LogP contribution in [-0.4, -0.2) is 27.1 Å². The second-order valence-electron chi connectivity index (χ2n) is 4.62. The second kappa shape index (κ2) is 5.37. The van der Waals surface area contributed by atoms with Gasteiger partial charge in [0.2, 0.25) is 0 Å². The minimum atomic E-state index is 0.619. The topological polar surface area (TPSA) is 41.0 Å². The van der Waals surface area contributed by atoms with Crippen molar-refractivity contribution in [3.05, 3.63) is 24.3 Å². The third-order valence-corrected chi connectivity index (χ3v) is 3.27. The van der Waals surface area contributed by atoms with Crippen molar-refractivity contribution in [3.8, 4) is 0 Å². The van der Waals surface area contributed by atoms with Gasteiger partial charge in [0.15, 0.2) is 0 Å². The summed E-state index contributed by atoms with van der Waals surface area (Å²) in [6.07, 6.45) is 9.19. The van der Waals surface area contributed by atoms with Crippen LogP contribution in [0.15, 0.2) is 18.7 Å². The van der Waals surface area contributed by atoms with Crippen LogP contribution in [0.4, 0.5) is 0 Å². The number of rotatable bonds is 3. The summed E-state index contributed by atoms with van der Waals surface area (Å²) in [5, 5.41) is 2.37. The highest BCUT2D eigenvalue weighted by molar-refractivity contribution is 5.01. The monoisotopic (exact) mass is 220 g/mol. The average molecular weight is 220 g/mol. The van der Waals surface area contributed by atoms with Gasteiger partial charge >= 0.3 is 0 Å². The van der Waals surface area contributed by atoms with Gasteiger partial charge in [-0.05, 0) is 26.7 Å². The number of hydrogen-bond acceptors (Lipinski definition) is 4. The fraction of sp³-hybridized carbons (Fsp3) is 0.667. The molecule has 0 amide bonds. The smallest absolute Gasteiger partial charge is 0.115 e. The molecule has 1 aromatic rings. The largest absolute Gasteiger partial charge is 0.250 e. The lowest BCUT2D eigenvalue weighted by atomic mass is 10.00. The first-order chi connectivity index (χ1) is 7.77.